The van der Waals surface area contributed by atoms with Gasteiger partial charge in [0.15, 0.2) is 0 Å². The normalized spacial score (nSPS) is 24.2. The number of nitrogens with one attached hydrogen (secondary N) is 2. The van der Waals surface area contributed by atoms with E-state index < -0.39 is 0 Å². The molecular weight excluding hydrogens is 316 g/mol. The second-order valence-corrected chi connectivity index (χ2v) is 6.95. The molecule has 0 aliphatic heterocycles. The van der Waals surface area contributed by atoms with Crippen LogP contribution in [-0.2, 0) is 0 Å². The van der Waals surface area contributed by atoms with Gasteiger partial charge in [-0.15, -0.1) is 0 Å². The number of carbonyl (C=O) groups excluding carboxylic acids is 1. The Morgan fingerprint density at radius 3 is 3.08 bits per heavy atom. The van der Waals surface area contributed by atoms with Crippen molar-refractivity contribution in [3.05, 3.63) is 48.5 Å². The number of hydrogen-bond acceptors (Lipinski definition) is 4. The van der Waals surface area contributed by atoms with Gasteiger partial charge >= 0.3 is 11.8 Å². The average molecular weight is 334 g/mol. The van der Waals surface area contributed by atoms with Gasteiger partial charge in [-0.2, -0.15) is 4.98 Å². The fourth-order valence-electron chi connectivity index (χ4n) is 4.05. The zero-order valence-corrected chi connectivity index (χ0v) is 13.6. The molecule has 2 aliphatic rings. The van der Waals surface area contributed by atoms with E-state index in [-0.39, 0.29) is 11.8 Å². The van der Waals surface area contributed by atoms with Crippen molar-refractivity contribution >= 4 is 16.8 Å². The van der Waals surface area contributed by atoms with E-state index >= 15 is 0 Å². The van der Waals surface area contributed by atoms with Crippen LogP contribution in [-0.4, -0.2) is 27.6 Å². The monoisotopic (exact) mass is 334 g/mol. The molecule has 2 N–H and O–H groups in total. The molecule has 2 aliphatic carbocycles. The van der Waals surface area contributed by atoms with Crippen molar-refractivity contribution in [3.63, 3.8) is 0 Å². The highest BCUT2D eigenvalue weighted by Crippen LogP contribution is 2.42. The molecule has 1 aromatic carbocycles. The van der Waals surface area contributed by atoms with Crippen LogP contribution in [0.25, 0.3) is 22.3 Å². The molecule has 3 aromatic rings. The Labute approximate surface area is 144 Å². The van der Waals surface area contributed by atoms with E-state index in [2.05, 4.69) is 32.6 Å². The van der Waals surface area contributed by atoms with Gasteiger partial charge in [0.25, 0.3) is 0 Å². The number of aromatic nitrogens is 3. The minimum absolute atomic E-state index is 0.0141. The second-order valence-electron chi connectivity index (χ2n) is 6.95. The minimum atomic E-state index is -0.300. The topological polar surface area (TPSA) is 83.8 Å². The molecule has 3 atom stereocenters. The lowest BCUT2D eigenvalue weighted by atomic mass is 9.94. The number of H-pyrrole nitrogens is 1. The number of fused-ring (bicyclic) bond motifs is 3. The number of allylic oxidation sites excluding steroid dienone is 2. The van der Waals surface area contributed by atoms with Crippen molar-refractivity contribution in [2.45, 2.75) is 12.8 Å². The lowest BCUT2D eigenvalue weighted by molar-refractivity contribution is 0.0901. The summed E-state index contributed by atoms with van der Waals surface area (Å²) in [5.74, 6) is 1.97. The van der Waals surface area contributed by atoms with Gasteiger partial charge in [-0.25, -0.2) is 0 Å². The Hall–Kier alpha value is -2.89. The van der Waals surface area contributed by atoms with Gasteiger partial charge in [0.1, 0.15) is 0 Å². The second kappa shape index (κ2) is 5.58. The standard InChI is InChI=1S/C19H18N4O2/c24-18(21-10-15-8-11-1-2-13(15)7-11)19-22-17(23-25-19)14-4-3-12-5-6-20-16(12)9-14/h1-6,9,11,13,15,20H,7-8,10H2,(H,21,24)/t11-,13-,15+/m0/s1. The third-order valence-electron chi connectivity index (χ3n) is 5.37. The van der Waals surface area contributed by atoms with Crippen molar-refractivity contribution in [3.8, 4) is 11.4 Å². The van der Waals surface area contributed by atoms with E-state index in [1.54, 1.807) is 0 Å². The molecule has 25 heavy (non-hydrogen) atoms. The summed E-state index contributed by atoms with van der Waals surface area (Å²) in [6.45, 7) is 0.663. The molecule has 0 unspecified atom stereocenters. The van der Waals surface area contributed by atoms with Crippen LogP contribution >= 0.6 is 0 Å². The molecular formula is C19H18N4O2. The predicted octanol–water partition coefficient (Wildman–Crippen LogP) is 3.16. The number of amides is 1. The Bertz CT molecular complexity index is 971. The summed E-state index contributed by atoms with van der Waals surface area (Å²) in [7, 11) is 0. The van der Waals surface area contributed by atoms with Crippen molar-refractivity contribution in [1.29, 1.82) is 0 Å². The highest BCUT2D eigenvalue weighted by molar-refractivity contribution is 5.90. The molecule has 6 heteroatoms. The van der Waals surface area contributed by atoms with Crippen LogP contribution in [0.3, 0.4) is 0 Å². The molecule has 6 nitrogen and oxygen atoms in total. The van der Waals surface area contributed by atoms with Crippen molar-refractivity contribution in [2.75, 3.05) is 6.54 Å². The molecule has 0 radical (unpaired) electrons. The number of aromatic amines is 1. The number of rotatable bonds is 4. The van der Waals surface area contributed by atoms with Crippen LogP contribution in [0, 0.1) is 17.8 Å². The zero-order valence-electron chi connectivity index (χ0n) is 13.6. The number of nitrogens with zero attached hydrogens (tertiary/aromatic N) is 2. The maximum absolute atomic E-state index is 12.3. The van der Waals surface area contributed by atoms with Gasteiger partial charge < -0.3 is 14.8 Å². The van der Waals surface area contributed by atoms with Crippen LogP contribution < -0.4 is 5.32 Å². The van der Waals surface area contributed by atoms with E-state index in [1.807, 2.05) is 30.5 Å². The zero-order chi connectivity index (χ0) is 16.8. The molecule has 0 saturated heterocycles. The van der Waals surface area contributed by atoms with Crippen LogP contribution in [0.2, 0.25) is 0 Å². The summed E-state index contributed by atoms with van der Waals surface area (Å²) in [4.78, 5) is 19.7. The molecule has 1 amide bonds. The lowest BCUT2D eigenvalue weighted by Crippen LogP contribution is -2.31. The first-order valence-electron chi connectivity index (χ1n) is 8.64. The summed E-state index contributed by atoms with van der Waals surface area (Å²) >= 11 is 0. The minimum Gasteiger partial charge on any atom is -0.361 e. The SMILES string of the molecule is O=C(NC[C@H]1C[C@H]2C=C[C@H]1C2)c1nc(-c2ccc3cc[nH]c3c2)no1. The molecule has 126 valence electrons. The van der Waals surface area contributed by atoms with Crippen molar-refractivity contribution in [1.82, 2.24) is 20.4 Å². The van der Waals surface area contributed by atoms with E-state index in [0.717, 1.165) is 22.9 Å². The van der Waals surface area contributed by atoms with Gasteiger partial charge in [-0.3, -0.25) is 4.79 Å². The van der Waals surface area contributed by atoms with E-state index in [0.29, 0.717) is 30.1 Å². The molecule has 2 heterocycles. The average Bonchev–Trinajstić information content (AvgIpc) is 3.42. The maximum atomic E-state index is 12.3. The Morgan fingerprint density at radius 1 is 1.28 bits per heavy atom. The van der Waals surface area contributed by atoms with E-state index in [1.165, 1.54) is 6.42 Å². The van der Waals surface area contributed by atoms with Gasteiger partial charge in [0.05, 0.1) is 0 Å². The van der Waals surface area contributed by atoms with Crippen LogP contribution in [0.5, 0.6) is 0 Å². The molecule has 1 saturated carbocycles. The summed E-state index contributed by atoms with van der Waals surface area (Å²) in [5, 5.41) is 8.00. The Morgan fingerprint density at radius 2 is 2.24 bits per heavy atom. The van der Waals surface area contributed by atoms with Gasteiger partial charge in [-0.05, 0) is 48.1 Å². The Kier molecular flexibility index (Phi) is 3.23. The van der Waals surface area contributed by atoms with Crippen molar-refractivity contribution < 1.29 is 9.32 Å². The first-order chi connectivity index (χ1) is 12.3. The lowest BCUT2D eigenvalue weighted by Gasteiger charge is -2.17. The fraction of sp³-hybridized carbons (Fsp3) is 0.316. The van der Waals surface area contributed by atoms with Crippen molar-refractivity contribution in [2.24, 2.45) is 17.8 Å². The maximum Gasteiger partial charge on any atom is 0.316 e. The molecule has 2 bridgehead atoms. The summed E-state index contributed by atoms with van der Waals surface area (Å²) in [6, 6.07) is 7.85. The highest BCUT2D eigenvalue weighted by atomic mass is 16.5. The Balaban J connectivity index is 1.28. The van der Waals surface area contributed by atoms with Crippen LogP contribution in [0.15, 0.2) is 47.1 Å². The van der Waals surface area contributed by atoms with Crippen LogP contribution in [0.4, 0.5) is 0 Å². The van der Waals surface area contributed by atoms with Gasteiger partial charge in [0, 0.05) is 23.8 Å². The first kappa shape index (κ1) is 14.5. The van der Waals surface area contributed by atoms with E-state index in [4.69, 9.17) is 4.52 Å². The summed E-state index contributed by atoms with van der Waals surface area (Å²) < 4.78 is 5.15. The first-order valence-corrected chi connectivity index (χ1v) is 8.64. The van der Waals surface area contributed by atoms with Gasteiger partial charge in [-0.1, -0.05) is 29.4 Å². The van der Waals surface area contributed by atoms with Crippen LogP contribution in [0.1, 0.15) is 23.5 Å². The smallest absolute Gasteiger partial charge is 0.316 e. The summed E-state index contributed by atoms with van der Waals surface area (Å²) in [5.41, 5.74) is 1.81. The third kappa shape index (κ3) is 2.54. The molecule has 1 fully saturated rings. The van der Waals surface area contributed by atoms with E-state index in [9.17, 15) is 4.79 Å². The third-order valence-corrected chi connectivity index (χ3v) is 5.37. The summed E-state index contributed by atoms with van der Waals surface area (Å²) in [6.07, 6.45) is 8.86. The quantitative estimate of drug-likeness (QED) is 0.718. The molecule has 0 spiro atoms. The fourth-order valence-corrected chi connectivity index (χ4v) is 4.05. The number of hydrogen-bond donors (Lipinski definition) is 2. The number of benzene rings is 1. The molecule has 2 aromatic heterocycles. The molecule has 5 rings (SSSR count). The largest absolute Gasteiger partial charge is 0.361 e. The number of carbonyl (C=O) groups is 1. The van der Waals surface area contributed by atoms with Gasteiger partial charge in [0.2, 0.25) is 5.82 Å². The highest BCUT2D eigenvalue weighted by Gasteiger charge is 2.35. The predicted molar refractivity (Wildman–Crippen MR) is 92.8 cm³/mol.